The molecule has 1 atom stereocenters. The van der Waals surface area contributed by atoms with Crippen LogP contribution in [0.3, 0.4) is 0 Å². The van der Waals surface area contributed by atoms with Crippen molar-refractivity contribution in [2.45, 2.75) is 19.4 Å². The maximum Gasteiger partial charge on any atom is 0.106 e. The van der Waals surface area contributed by atoms with Crippen molar-refractivity contribution in [1.82, 2.24) is 0 Å². The smallest absolute Gasteiger partial charge is 0.106 e. The lowest BCUT2D eigenvalue weighted by atomic mass is 10.1. The molecule has 4 heteroatoms. The molecule has 4 nitrogen and oxygen atoms in total. The van der Waals surface area contributed by atoms with Crippen LogP contribution in [0, 0.1) is 22.7 Å². The first-order chi connectivity index (χ1) is 8.22. The minimum absolute atomic E-state index is 0.184. The minimum Gasteiger partial charge on any atom is -0.388 e. The zero-order valence-electron chi connectivity index (χ0n) is 9.80. The standard InChI is InChI=1S/C13H15N3O/c1-2-13(17)11-3-5-12(6-4-11)16(9-7-14)10-8-15/h3-6,13,17H,2,9-10H2,1H3. The van der Waals surface area contributed by atoms with Crippen LogP contribution in [0.4, 0.5) is 5.69 Å². The molecule has 0 aliphatic carbocycles. The van der Waals surface area contributed by atoms with Gasteiger partial charge >= 0.3 is 0 Å². The molecule has 1 N–H and O–H groups in total. The fourth-order valence-corrected chi connectivity index (χ4v) is 1.55. The van der Waals surface area contributed by atoms with Crippen LogP contribution in [0.25, 0.3) is 0 Å². The van der Waals surface area contributed by atoms with Gasteiger partial charge in [-0.05, 0) is 24.1 Å². The monoisotopic (exact) mass is 229 g/mol. The Morgan fingerprint density at radius 3 is 2.12 bits per heavy atom. The first-order valence-electron chi connectivity index (χ1n) is 5.49. The largest absolute Gasteiger partial charge is 0.388 e. The van der Waals surface area contributed by atoms with Crippen LogP contribution in [0.2, 0.25) is 0 Å². The van der Waals surface area contributed by atoms with Gasteiger partial charge in [-0.15, -0.1) is 0 Å². The lowest BCUT2D eigenvalue weighted by Gasteiger charge is -2.18. The maximum atomic E-state index is 9.65. The highest BCUT2D eigenvalue weighted by atomic mass is 16.3. The molecule has 0 aliphatic heterocycles. The van der Waals surface area contributed by atoms with E-state index in [1.807, 2.05) is 43.3 Å². The quantitative estimate of drug-likeness (QED) is 0.784. The topological polar surface area (TPSA) is 71.0 Å². The SMILES string of the molecule is CCC(O)c1ccc(N(CC#N)CC#N)cc1. The molecule has 0 spiro atoms. The fourth-order valence-electron chi connectivity index (χ4n) is 1.55. The molecular weight excluding hydrogens is 214 g/mol. The maximum absolute atomic E-state index is 9.65. The molecule has 0 aromatic heterocycles. The van der Waals surface area contributed by atoms with E-state index in [9.17, 15) is 5.11 Å². The van der Waals surface area contributed by atoms with Crippen molar-refractivity contribution in [3.8, 4) is 12.1 Å². The third kappa shape index (κ3) is 3.48. The van der Waals surface area contributed by atoms with Gasteiger partial charge in [-0.1, -0.05) is 19.1 Å². The Kier molecular flexibility index (Phi) is 5.00. The second-order valence-corrected chi connectivity index (χ2v) is 3.69. The molecule has 17 heavy (non-hydrogen) atoms. The second-order valence-electron chi connectivity index (χ2n) is 3.69. The minimum atomic E-state index is -0.454. The highest BCUT2D eigenvalue weighted by Gasteiger charge is 2.07. The third-order valence-electron chi connectivity index (χ3n) is 2.55. The highest BCUT2D eigenvalue weighted by molar-refractivity contribution is 5.49. The van der Waals surface area contributed by atoms with Crippen LogP contribution < -0.4 is 4.90 Å². The fraction of sp³-hybridized carbons (Fsp3) is 0.385. The summed E-state index contributed by atoms with van der Waals surface area (Å²) < 4.78 is 0. The zero-order valence-corrected chi connectivity index (χ0v) is 9.80. The first kappa shape index (κ1) is 13.0. The Hall–Kier alpha value is -2.04. The van der Waals surface area contributed by atoms with Crippen LogP contribution in [0.15, 0.2) is 24.3 Å². The van der Waals surface area contributed by atoms with Gasteiger partial charge in [0.1, 0.15) is 13.1 Å². The number of nitriles is 2. The molecule has 1 unspecified atom stereocenters. The van der Waals surface area contributed by atoms with Crippen LogP contribution >= 0.6 is 0 Å². The van der Waals surface area contributed by atoms with Gasteiger partial charge in [0.2, 0.25) is 0 Å². The third-order valence-corrected chi connectivity index (χ3v) is 2.55. The number of rotatable bonds is 5. The van der Waals surface area contributed by atoms with E-state index in [-0.39, 0.29) is 13.1 Å². The number of hydrogen-bond donors (Lipinski definition) is 1. The summed E-state index contributed by atoms with van der Waals surface area (Å²) in [5.41, 5.74) is 1.67. The van der Waals surface area contributed by atoms with Crippen LogP contribution in [-0.4, -0.2) is 18.2 Å². The Morgan fingerprint density at radius 1 is 1.18 bits per heavy atom. The van der Waals surface area contributed by atoms with Gasteiger partial charge in [-0.3, -0.25) is 0 Å². The molecule has 0 amide bonds. The Balaban J connectivity index is 2.85. The predicted molar refractivity (Wildman–Crippen MR) is 65.1 cm³/mol. The van der Waals surface area contributed by atoms with Crippen molar-refractivity contribution in [2.75, 3.05) is 18.0 Å². The predicted octanol–water partition coefficient (Wildman–Crippen LogP) is 1.98. The van der Waals surface area contributed by atoms with Crippen LogP contribution in [-0.2, 0) is 0 Å². The normalized spacial score (nSPS) is 11.3. The average Bonchev–Trinajstić information content (AvgIpc) is 2.38. The lowest BCUT2D eigenvalue weighted by Crippen LogP contribution is -2.23. The van der Waals surface area contributed by atoms with E-state index in [2.05, 4.69) is 0 Å². The summed E-state index contributed by atoms with van der Waals surface area (Å²) in [4.78, 5) is 1.68. The van der Waals surface area contributed by atoms with Crippen molar-refractivity contribution in [2.24, 2.45) is 0 Å². The van der Waals surface area contributed by atoms with E-state index in [1.54, 1.807) is 4.90 Å². The van der Waals surface area contributed by atoms with Crippen LogP contribution in [0.1, 0.15) is 25.0 Å². The molecule has 1 aromatic carbocycles. The van der Waals surface area contributed by atoms with E-state index in [1.165, 1.54) is 0 Å². The van der Waals surface area contributed by atoms with Gasteiger partial charge in [0, 0.05) is 5.69 Å². The molecule has 1 rings (SSSR count). The number of anilines is 1. The van der Waals surface area contributed by atoms with Gasteiger partial charge in [0.25, 0.3) is 0 Å². The number of hydrogen-bond acceptors (Lipinski definition) is 4. The van der Waals surface area contributed by atoms with E-state index in [0.29, 0.717) is 6.42 Å². The van der Waals surface area contributed by atoms with Crippen molar-refractivity contribution in [3.63, 3.8) is 0 Å². The van der Waals surface area contributed by atoms with E-state index < -0.39 is 6.10 Å². The Labute approximate surface area is 101 Å². The molecule has 1 aromatic rings. The Morgan fingerprint density at radius 2 is 1.71 bits per heavy atom. The van der Waals surface area contributed by atoms with Crippen molar-refractivity contribution < 1.29 is 5.11 Å². The summed E-state index contributed by atoms with van der Waals surface area (Å²) in [5, 5.41) is 27.0. The zero-order chi connectivity index (χ0) is 12.7. The molecule has 0 aliphatic rings. The molecule has 0 heterocycles. The summed E-state index contributed by atoms with van der Waals surface area (Å²) in [5.74, 6) is 0. The molecule has 0 saturated carbocycles. The van der Waals surface area contributed by atoms with Gasteiger partial charge in [0.05, 0.1) is 18.2 Å². The Bertz CT molecular complexity index is 411. The van der Waals surface area contributed by atoms with Crippen LogP contribution in [0.5, 0.6) is 0 Å². The second kappa shape index (κ2) is 6.52. The van der Waals surface area contributed by atoms with Crippen molar-refractivity contribution in [1.29, 1.82) is 10.5 Å². The number of aliphatic hydroxyl groups is 1. The van der Waals surface area contributed by atoms with Gasteiger partial charge < -0.3 is 10.0 Å². The average molecular weight is 229 g/mol. The number of benzene rings is 1. The van der Waals surface area contributed by atoms with Crippen molar-refractivity contribution >= 4 is 5.69 Å². The molecule has 0 fully saturated rings. The molecule has 88 valence electrons. The van der Waals surface area contributed by atoms with E-state index >= 15 is 0 Å². The molecule has 0 saturated heterocycles. The number of nitrogens with zero attached hydrogens (tertiary/aromatic N) is 3. The van der Waals surface area contributed by atoms with Crippen molar-refractivity contribution in [3.05, 3.63) is 29.8 Å². The number of aliphatic hydroxyl groups excluding tert-OH is 1. The molecule has 0 radical (unpaired) electrons. The van der Waals surface area contributed by atoms with Gasteiger partial charge in [-0.2, -0.15) is 10.5 Å². The van der Waals surface area contributed by atoms with Gasteiger partial charge in [-0.25, -0.2) is 0 Å². The summed E-state index contributed by atoms with van der Waals surface area (Å²) in [6.07, 6.45) is 0.212. The highest BCUT2D eigenvalue weighted by Crippen LogP contribution is 2.20. The first-order valence-corrected chi connectivity index (χ1v) is 5.49. The lowest BCUT2D eigenvalue weighted by molar-refractivity contribution is 0.173. The summed E-state index contributed by atoms with van der Waals surface area (Å²) in [7, 11) is 0. The van der Waals surface area contributed by atoms with E-state index in [0.717, 1.165) is 11.3 Å². The van der Waals surface area contributed by atoms with Gasteiger partial charge in [0.15, 0.2) is 0 Å². The summed E-state index contributed by atoms with van der Waals surface area (Å²) in [6.45, 7) is 2.28. The summed E-state index contributed by atoms with van der Waals surface area (Å²) in [6, 6.07) is 11.3. The molecule has 0 bridgehead atoms. The summed E-state index contributed by atoms with van der Waals surface area (Å²) >= 11 is 0. The van der Waals surface area contributed by atoms with E-state index in [4.69, 9.17) is 10.5 Å². The molecular formula is C13H15N3O.